The van der Waals surface area contributed by atoms with Gasteiger partial charge < -0.3 is 10.6 Å². The number of sulfonamides is 1. The summed E-state index contributed by atoms with van der Waals surface area (Å²) in [5.41, 5.74) is 0. The van der Waals surface area contributed by atoms with Crippen molar-refractivity contribution in [1.82, 2.24) is 14.9 Å². The van der Waals surface area contributed by atoms with E-state index < -0.39 is 10.0 Å². The zero-order valence-electron chi connectivity index (χ0n) is 15.3. The van der Waals surface area contributed by atoms with Crippen molar-refractivity contribution in [2.24, 2.45) is 16.8 Å². The highest BCUT2D eigenvalue weighted by Crippen LogP contribution is 2.28. The molecule has 2 aliphatic rings. The van der Waals surface area contributed by atoms with Crippen LogP contribution in [0.1, 0.15) is 51.4 Å². The number of rotatable bonds is 7. The fraction of sp³-hybridized carbons (Fsp3) is 0.941. The van der Waals surface area contributed by atoms with Gasteiger partial charge in [-0.05, 0) is 37.5 Å². The second kappa shape index (κ2) is 9.61. The highest BCUT2D eigenvalue weighted by Gasteiger charge is 2.24. The minimum Gasteiger partial charge on any atom is -0.356 e. The molecular formula is C17H34N4O2S. The third kappa shape index (κ3) is 6.59. The Morgan fingerprint density at radius 1 is 1.08 bits per heavy atom. The lowest BCUT2D eigenvalue weighted by Gasteiger charge is -2.30. The van der Waals surface area contributed by atoms with E-state index in [2.05, 4.69) is 15.6 Å². The van der Waals surface area contributed by atoms with Gasteiger partial charge in [0.05, 0.1) is 6.26 Å². The summed E-state index contributed by atoms with van der Waals surface area (Å²) in [5, 5.41) is 6.79. The third-order valence-electron chi connectivity index (χ3n) is 5.38. The van der Waals surface area contributed by atoms with Gasteiger partial charge in [-0.1, -0.05) is 25.7 Å². The van der Waals surface area contributed by atoms with Crippen LogP contribution in [0.15, 0.2) is 4.99 Å². The first kappa shape index (κ1) is 19.5. The monoisotopic (exact) mass is 358 g/mol. The Labute approximate surface area is 147 Å². The van der Waals surface area contributed by atoms with Crippen LogP contribution in [0.5, 0.6) is 0 Å². The lowest BCUT2D eigenvalue weighted by Crippen LogP contribution is -2.44. The predicted molar refractivity (Wildman–Crippen MR) is 99.7 cm³/mol. The first-order chi connectivity index (χ1) is 11.5. The van der Waals surface area contributed by atoms with E-state index in [-0.39, 0.29) is 0 Å². The van der Waals surface area contributed by atoms with Crippen LogP contribution in [0.2, 0.25) is 0 Å². The topological polar surface area (TPSA) is 73.8 Å². The maximum absolute atomic E-state index is 11.5. The average molecular weight is 359 g/mol. The number of nitrogens with zero attached hydrogens (tertiary/aromatic N) is 2. The summed E-state index contributed by atoms with van der Waals surface area (Å²) in [4.78, 5) is 4.28. The SMILES string of the molecule is CN=C(NCCCC1CCCC1)NCC1CCN(S(C)(=O)=O)CC1. The fourth-order valence-corrected chi connectivity index (χ4v) is 4.68. The Balaban J connectivity index is 1.58. The van der Waals surface area contributed by atoms with Crippen molar-refractivity contribution < 1.29 is 8.42 Å². The molecule has 0 spiro atoms. The van der Waals surface area contributed by atoms with Gasteiger partial charge >= 0.3 is 0 Å². The molecule has 2 N–H and O–H groups in total. The smallest absolute Gasteiger partial charge is 0.211 e. The Morgan fingerprint density at radius 3 is 2.33 bits per heavy atom. The summed E-state index contributed by atoms with van der Waals surface area (Å²) < 4.78 is 24.6. The first-order valence-corrected chi connectivity index (χ1v) is 11.2. The van der Waals surface area contributed by atoms with Crippen LogP contribution in [0.25, 0.3) is 0 Å². The first-order valence-electron chi connectivity index (χ1n) is 9.38. The van der Waals surface area contributed by atoms with Gasteiger partial charge in [0.15, 0.2) is 5.96 Å². The lowest BCUT2D eigenvalue weighted by atomic mass is 9.98. The van der Waals surface area contributed by atoms with E-state index in [1.165, 1.54) is 44.8 Å². The summed E-state index contributed by atoms with van der Waals surface area (Å²) in [6.07, 6.45) is 11.3. The second-order valence-electron chi connectivity index (χ2n) is 7.28. The summed E-state index contributed by atoms with van der Waals surface area (Å²) in [6, 6.07) is 0. The number of aliphatic imine (C=N–C) groups is 1. The van der Waals surface area contributed by atoms with Gasteiger partial charge in [0.2, 0.25) is 10.0 Å². The van der Waals surface area contributed by atoms with Gasteiger partial charge in [-0.25, -0.2) is 12.7 Å². The second-order valence-corrected chi connectivity index (χ2v) is 9.26. The fourth-order valence-electron chi connectivity index (χ4n) is 3.80. The van der Waals surface area contributed by atoms with E-state index in [0.29, 0.717) is 19.0 Å². The molecule has 0 radical (unpaired) electrons. The lowest BCUT2D eigenvalue weighted by molar-refractivity contribution is 0.275. The molecule has 0 atom stereocenters. The molecule has 1 aliphatic carbocycles. The van der Waals surface area contributed by atoms with Gasteiger partial charge in [0, 0.05) is 33.2 Å². The van der Waals surface area contributed by atoms with Crippen molar-refractivity contribution in [3.63, 3.8) is 0 Å². The van der Waals surface area contributed by atoms with Crippen LogP contribution >= 0.6 is 0 Å². The molecule has 0 unspecified atom stereocenters. The zero-order chi connectivity index (χ0) is 17.4. The van der Waals surface area contributed by atoms with Crippen LogP contribution < -0.4 is 10.6 Å². The highest BCUT2D eigenvalue weighted by atomic mass is 32.2. The van der Waals surface area contributed by atoms with Crippen molar-refractivity contribution in [1.29, 1.82) is 0 Å². The molecule has 1 aliphatic heterocycles. The van der Waals surface area contributed by atoms with E-state index >= 15 is 0 Å². The van der Waals surface area contributed by atoms with Crippen molar-refractivity contribution in [2.45, 2.75) is 51.4 Å². The van der Waals surface area contributed by atoms with Gasteiger partial charge in [-0.3, -0.25) is 4.99 Å². The van der Waals surface area contributed by atoms with E-state index in [0.717, 1.165) is 37.8 Å². The Bertz CT molecular complexity index is 493. The zero-order valence-corrected chi connectivity index (χ0v) is 16.1. The van der Waals surface area contributed by atoms with Crippen LogP contribution in [-0.4, -0.2) is 58.2 Å². The number of hydrogen-bond donors (Lipinski definition) is 2. The van der Waals surface area contributed by atoms with E-state index in [9.17, 15) is 8.42 Å². The number of guanidine groups is 1. The minimum absolute atomic E-state index is 0.514. The van der Waals surface area contributed by atoms with Crippen LogP contribution in [-0.2, 0) is 10.0 Å². The molecule has 0 aromatic heterocycles. The number of piperidine rings is 1. The summed E-state index contributed by atoms with van der Waals surface area (Å²) in [7, 11) is -1.23. The summed E-state index contributed by atoms with van der Waals surface area (Å²) in [5.74, 6) is 2.33. The van der Waals surface area contributed by atoms with Crippen molar-refractivity contribution >= 4 is 16.0 Å². The maximum Gasteiger partial charge on any atom is 0.211 e. The summed E-state index contributed by atoms with van der Waals surface area (Å²) >= 11 is 0. The highest BCUT2D eigenvalue weighted by molar-refractivity contribution is 7.88. The largest absolute Gasteiger partial charge is 0.356 e. The molecule has 24 heavy (non-hydrogen) atoms. The molecular weight excluding hydrogens is 324 g/mol. The van der Waals surface area contributed by atoms with Crippen LogP contribution in [0.3, 0.4) is 0 Å². The minimum atomic E-state index is -3.03. The van der Waals surface area contributed by atoms with Crippen molar-refractivity contribution in [3.05, 3.63) is 0 Å². The molecule has 1 saturated carbocycles. The molecule has 6 nitrogen and oxygen atoms in total. The molecule has 0 aromatic rings. The van der Waals surface area contributed by atoms with Gasteiger partial charge in [-0.2, -0.15) is 0 Å². The molecule has 0 amide bonds. The predicted octanol–water partition coefficient (Wildman–Crippen LogP) is 1.79. The molecule has 1 saturated heterocycles. The molecule has 140 valence electrons. The molecule has 2 fully saturated rings. The van der Waals surface area contributed by atoms with Crippen LogP contribution in [0.4, 0.5) is 0 Å². The number of nitrogens with one attached hydrogen (secondary N) is 2. The van der Waals surface area contributed by atoms with Gasteiger partial charge in [-0.15, -0.1) is 0 Å². The van der Waals surface area contributed by atoms with Gasteiger partial charge in [0.25, 0.3) is 0 Å². The van der Waals surface area contributed by atoms with Crippen molar-refractivity contribution in [3.8, 4) is 0 Å². The molecule has 7 heteroatoms. The number of hydrogen-bond acceptors (Lipinski definition) is 3. The van der Waals surface area contributed by atoms with Crippen LogP contribution in [0, 0.1) is 11.8 Å². The molecule has 2 rings (SSSR count). The standard InChI is InChI=1S/C17H34N4O2S/c1-18-17(19-11-5-8-15-6-3-4-7-15)20-14-16-9-12-21(13-10-16)24(2,22)23/h15-16H,3-14H2,1-2H3,(H2,18,19,20). The Morgan fingerprint density at radius 2 is 1.75 bits per heavy atom. The normalized spacial score (nSPS) is 22.0. The van der Waals surface area contributed by atoms with E-state index in [4.69, 9.17) is 0 Å². The maximum atomic E-state index is 11.5. The molecule has 1 heterocycles. The third-order valence-corrected chi connectivity index (χ3v) is 6.68. The molecule has 0 aromatic carbocycles. The Kier molecular flexibility index (Phi) is 7.81. The van der Waals surface area contributed by atoms with Crippen molar-refractivity contribution in [2.75, 3.05) is 39.5 Å². The quantitative estimate of drug-likeness (QED) is 0.413. The van der Waals surface area contributed by atoms with Gasteiger partial charge in [0.1, 0.15) is 0 Å². The average Bonchev–Trinajstić information content (AvgIpc) is 3.07. The van der Waals surface area contributed by atoms with E-state index in [1.54, 1.807) is 11.4 Å². The van der Waals surface area contributed by atoms with E-state index in [1.807, 2.05) is 0 Å². The Hall–Kier alpha value is -0.820. The summed E-state index contributed by atoms with van der Waals surface area (Å²) in [6.45, 7) is 3.11. The molecule has 0 bridgehead atoms.